The lowest BCUT2D eigenvalue weighted by Crippen LogP contribution is -2.44. The maximum Gasteiger partial charge on any atom is 0.257 e. The van der Waals surface area contributed by atoms with Gasteiger partial charge in [-0.05, 0) is 57.5 Å². The molecule has 2 N–H and O–H groups in total. The molecule has 1 fully saturated rings. The minimum atomic E-state index is -0.0594. The zero-order valence-corrected chi connectivity index (χ0v) is 13.3. The van der Waals surface area contributed by atoms with Crippen molar-refractivity contribution in [1.29, 1.82) is 0 Å². The van der Waals surface area contributed by atoms with Crippen LogP contribution in [-0.2, 0) is 0 Å². The van der Waals surface area contributed by atoms with Gasteiger partial charge in [-0.25, -0.2) is 0 Å². The van der Waals surface area contributed by atoms with Crippen LogP contribution in [0.4, 0.5) is 0 Å². The molecule has 110 valence electrons. The number of rotatable bonds is 4. The number of nitrogens with zero attached hydrogens (tertiary/aromatic N) is 1. The predicted molar refractivity (Wildman–Crippen MR) is 83.0 cm³/mol. The van der Waals surface area contributed by atoms with Gasteiger partial charge in [0.25, 0.3) is 5.91 Å². The van der Waals surface area contributed by atoms with E-state index in [1.54, 1.807) is 18.2 Å². The highest BCUT2D eigenvalue weighted by Crippen LogP contribution is 2.27. The predicted octanol–water partition coefficient (Wildman–Crippen LogP) is 2.76. The van der Waals surface area contributed by atoms with Crippen molar-refractivity contribution in [2.24, 2.45) is 0 Å². The van der Waals surface area contributed by atoms with Crippen molar-refractivity contribution in [2.75, 3.05) is 20.1 Å². The number of hydrogen-bond donors (Lipinski definition) is 2. The van der Waals surface area contributed by atoms with E-state index in [2.05, 4.69) is 21.2 Å². The fraction of sp³-hybridized carbons (Fsp3) is 0.533. The maximum atomic E-state index is 12.6. The summed E-state index contributed by atoms with van der Waals surface area (Å²) in [4.78, 5) is 14.6. The van der Waals surface area contributed by atoms with E-state index in [1.807, 2.05) is 11.9 Å². The molecule has 0 aromatic heterocycles. The second-order valence-electron chi connectivity index (χ2n) is 5.20. The van der Waals surface area contributed by atoms with E-state index in [9.17, 15) is 9.90 Å². The van der Waals surface area contributed by atoms with Crippen molar-refractivity contribution < 1.29 is 9.90 Å². The van der Waals surface area contributed by atoms with Crippen LogP contribution < -0.4 is 5.32 Å². The Morgan fingerprint density at radius 1 is 1.50 bits per heavy atom. The Labute approximate surface area is 128 Å². The van der Waals surface area contributed by atoms with Crippen LogP contribution in [0.15, 0.2) is 22.7 Å². The summed E-state index contributed by atoms with van der Waals surface area (Å²) >= 11 is 3.29. The van der Waals surface area contributed by atoms with Gasteiger partial charge in [0.2, 0.25) is 0 Å². The monoisotopic (exact) mass is 340 g/mol. The summed E-state index contributed by atoms with van der Waals surface area (Å²) in [5.41, 5.74) is 0.393. The van der Waals surface area contributed by atoms with Crippen molar-refractivity contribution in [1.82, 2.24) is 10.2 Å². The molecule has 0 bridgehead atoms. The van der Waals surface area contributed by atoms with Crippen molar-refractivity contribution in [2.45, 2.75) is 31.7 Å². The van der Waals surface area contributed by atoms with E-state index >= 15 is 0 Å². The third-order valence-electron chi connectivity index (χ3n) is 3.81. The molecule has 1 aliphatic rings. The average Bonchev–Trinajstić information content (AvgIpc) is 2.45. The third kappa shape index (κ3) is 3.52. The molecular weight excluding hydrogens is 320 g/mol. The molecule has 1 aromatic carbocycles. The van der Waals surface area contributed by atoms with E-state index in [0.717, 1.165) is 36.8 Å². The number of likely N-dealkylation sites (tertiary alicyclic amines) is 1. The first-order chi connectivity index (χ1) is 9.63. The minimum absolute atomic E-state index is 0.0438. The number of hydrogen-bond acceptors (Lipinski definition) is 3. The molecule has 1 unspecified atom stereocenters. The molecule has 4 nitrogen and oxygen atoms in total. The summed E-state index contributed by atoms with van der Waals surface area (Å²) in [5.74, 6) is -0.0156. The van der Waals surface area contributed by atoms with Crippen LogP contribution in [-0.4, -0.2) is 42.1 Å². The van der Waals surface area contributed by atoms with Gasteiger partial charge < -0.3 is 15.3 Å². The number of phenols is 1. The lowest BCUT2D eigenvalue weighted by atomic mass is 9.98. The molecule has 1 amide bonds. The Morgan fingerprint density at radius 2 is 2.30 bits per heavy atom. The Kier molecular flexibility index (Phi) is 5.43. The number of amides is 1. The number of carbonyl (C=O) groups is 1. The number of aromatic hydroxyl groups is 1. The van der Waals surface area contributed by atoms with Gasteiger partial charge in [-0.1, -0.05) is 15.9 Å². The lowest BCUT2D eigenvalue weighted by molar-refractivity contribution is 0.0599. The van der Waals surface area contributed by atoms with Gasteiger partial charge in [-0.2, -0.15) is 0 Å². The molecule has 1 aromatic rings. The van der Waals surface area contributed by atoms with Crippen molar-refractivity contribution in [3.8, 4) is 5.75 Å². The minimum Gasteiger partial charge on any atom is -0.507 e. The molecule has 1 saturated heterocycles. The second-order valence-corrected chi connectivity index (χ2v) is 6.12. The van der Waals surface area contributed by atoms with E-state index in [4.69, 9.17) is 0 Å². The van der Waals surface area contributed by atoms with Gasteiger partial charge in [0.15, 0.2) is 0 Å². The number of carbonyl (C=O) groups excluding carboxylic acids is 1. The SMILES string of the molecule is CNCCC1CCCCN1C(=O)c1ccc(Br)cc1O. The fourth-order valence-electron chi connectivity index (χ4n) is 2.72. The smallest absolute Gasteiger partial charge is 0.257 e. The van der Waals surface area contributed by atoms with Gasteiger partial charge in [0, 0.05) is 17.1 Å². The highest BCUT2D eigenvalue weighted by Gasteiger charge is 2.28. The van der Waals surface area contributed by atoms with Gasteiger partial charge in [0.05, 0.1) is 5.56 Å². The summed E-state index contributed by atoms with van der Waals surface area (Å²) in [6.07, 6.45) is 4.22. The highest BCUT2D eigenvalue weighted by molar-refractivity contribution is 9.10. The van der Waals surface area contributed by atoms with Crippen molar-refractivity contribution >= 4 is 21.8 Å². The number of phenolic OH excluding ortho intramolecular Hbond substituents is 1. The van der Waals surface area contributed by atoms with E-state index < -0.39 is 0 Å². The number of nitrogens with one attached hydrogen (secondary N) is 1. The Balaban J connectivity index is 2.16. The molecule has 0 radical (unpaired) electrons. The Hall–Kier alpha value is -1.07. The first-order valence-electron chi connectivity index (χ1n) is 7.07. The Morgan fingerprint density at radius 3 is 3.00 bits per heavy atom. The normalized spacial score (nSPS) is 19.1. The van der Waals surface area contributed by atoms with Crippen molar-refractivity contribution in [3.63, 3.8) is 0 Å². The van der Waals surface area contributed by atoms with Gasteiger partial charge in [-0.3, -0.25) is 4.79 Å². The second kappa shape index (κ2) is 7.09. The van der Waals surface area contributed by atoms with Gasteiger partial charge in [-0.15, -0.1) is 0 Å². The Bertz CT molecular complexity index is 479. The van der Waals surface area contributed by atoms with Crippen LogP contribution in [0.5, 0.6) is 5.75 Å². The first kappa shape index (κ1) is 15.3. The molecular formula is C15H21BrN2O2. The molecule has 20 heavy (non-hydrogen) atoms. The van der Waals surface area contributed by atoms with Crippen LogP contribution in [0.25, 0.3) is 0 Å². The largest absolute Gasteiger partial charge is 0.507 e. The topological polar surface area (TPSA) is 52.6 Å². The molecule has 0 aliphatic carbocycles. The zero-order chi connectivity index (χ0) is 14.5. The van der Waals surface area contributed by atoms with Gasteiger partial charge in [0.1, 0.15) is 5.75 Å². The highest BCUT2D eigenvalue weighted by atomic mass is 79.9. The fourth-order valence-corrected chi connectivity index (χ4v) is 3.07. The van der Waals surface area contributed by atoms with E-state index in [1.165, 1.54) is 6.42 Å². The van der Waals surface area contributed by atoms with Crippen molar-refractivity contribution in [3.05, 3.63) is 28.2 Å². The van der Waals surface area contributed by atoms with Crippen LogP contribution in [0.1, 0.15) is 36.0 Å². The number of halogens is 1. The summed E-state index contributed by atoms with van der Waals surface area (Å²) in [7, 11) is 1.93. The number of piperidine rings is 1. The third-order valence-corrected chi connectivity index (χ3v) is 4.30. The molecule has 1 heterocycles. The standard InChI is InChI=1S/C15H21BrN2O2/c1-17-8-7-12-4-2-3-9-18(12)15(20)13-6-5-11(16)10-14(13)19/h5-6,10,12,17,19H,2-4,7-9H2,1H3. The van der Waals surface area contributed by atoms with Crippen LogP contribution >= 0.6 is 15.9 Å². The van der Waals surface area contributed by atoms with Crippen LogP contribution in [0.3, 0.4) is 0 Å². The number of benzene rings is 1. The quantitative estimate of drug-likeness (QED) is 0.886. The van der Waals surface area contributed by atoms with Crippen LogP contribution in [0.2, 0.25) is 0 Å². The summed E-state index contributed by atoms with van der Waals surface area (Å²) < 4.78 is 0.775. The molecule has 0 saturated carbocycles. The summed E-state index contributed by atoms with van der Waals surface area (Å²) in [6.45, 7) is 1.68. The first-order valence-corrected chi connectivity index (χ1v) is 7.87. The lowest BCUT2D eigenvalue weighted by Gasteiger charge is -2.36. The molecule has 2 rings (SSSR count). The molecule has 0 spiro atoms. The van der Waals surface area contributed by atoms with E-state index in [0.29, 0.717) is 5.56 Å². The zero-order valence-electron chi connectivity index (χ0n) is 11.7. The van der Waals surface area contributed by atoms with Gasteiger partial charge >= 0.3 is 0 Å². The average molecular weight is 341 g/mol. The van der Waals surface area contributed by atoms with Crippen LogP contribution in [0, 0.1) is 0 Å². The summed E-state index contributed by atoms with van der Waals surface area (Å²) in [5, 5.41) is 13.1. The van der Waals surface area contributed by atoms with E-state index in [-0.39, 0.29) is 17.7 Å². The molecule has 1 aliphatic heterocycles. The molecule has 1 atom stereocenters. The maximum absolute atomic E-state index is 12.6. The molecule has 5 heteroatoms. The summed E-state index contributed by atoms with van der Waals surface area (Å²) in [6, 6.07) is 5.32.